The third-order valence-corrected chi connectivity index (χ3v) is 8.72. The highest BCUT2D eigenvalue weighted by atomic mass is 35.5. The van der Waals surface area contributed by atoms with E-state index in [0.717, 1.165) is 16.3 Å². The summed E-state index contributed by atoms with van der Waals surface area (Å²) < 4.78 is 34.7. The predicted molar refractivity (Wildman–Crippen MR) is 162 cm³/mol. The van der Waals surface area contributed by atoms with Crippen LogP contribution in [0.2, 0.25) is 10.0 Å². The Morgan fingerprint density at radius 1 is 0.707 bits per heavy atom. The molecule has 0 atom stereocenters. The van der Waals surface area contributed by atoms with Gasteiger partial charge in [-0.05, 0) is 84.8 Å². The number of sulfonamides is 1. The number of aryl methyl sites for hydroxylation is 1. The fourth-order valence-electron chi connectivity index (χ4n) is 4.33. The number of carbonyl (C=O) groups is 2. The zero-order valence-electron chi connectivity index (χ0n) is 21.8. The summed E-state index contributed by atoms with van der Waals surface area (Å²) in [5.41, 5.74) is 1.48. The van der Waals surface area contributed by atoms with Crippen molar-refractivity contribution in [2.45, 2.75) is 18.2 Å². The summed E-state index contributed by atoms with van der Waals surface area (Å²) >= 11 is 12.0. The lowest BCUT2D eigenvalue weighted by Gasteiger charge is -2.25. The molecule has 0 aliphatic carbocycles. The molecule has 0 bridgehead atoms. The van der Waals surface area contributed by atoms with Gasteiger partial charge in [0.1, 0.15) is 5.75 Å². The minimum absolute atomic E-state index is 0.0423. The van der Waals surface area contributed by atoms with E-state index in [2.05, 4.69) is 0 Å². The summed E-state index contributed by atoms with van der Waals surface area (Å²) in [7, 11) is -4.38. The van der Waals surface area contributed by atoms with Gasteiger partial charge in [0.15, 0.2) is 0 Å². The van der Waals surface area contributed by atoms with Crippen LogP contribution in [-0.2, 0) is 16.4 Å². The quantitative estimate of drug-likeness (QED) is 0.139. The Morgan fingerprint density at radius 2 is 1.27 bits per heavy atom. The van der Waals surface area contributed by atoms with E-state index in [1.807, 2.05) is 6.92 Å². The zero-order valence-corrected chi connectivity index (χ0v) is 24.1. The lowest BCUT2D eigenvalue weighted by molar-refractivity contribution is 0.0736. The van der Waals surface area contributed by atoms with Crippen LogP contribution in [0.1, 0.15) is 33.2 Å². The molecule has 6 nitrogen and oxygen atoms in total. The van der Waals surface area contributed by atoms with E-state index < -0.39 is 21.9 Å². The van der Waals surface area contributed by atoms with Gasteiger partial charge in [0, 0.05) is 26.4 Å². The molecule has 0 spiro atoms. The Morgan fingerprint density at radius 3 is 1.85 bits per heavy atom. The molecule has 5 aromatic rings. The van der Waals surface area contributed by atoms with Crippen LogP contribution in [0.15, 0.2) is 114 Å². The first-order chi connectivity index (χ1) is 19.7. The number of rotatable bonds is 7. The maximum Gasteiger partial charge on any atom is 0.343 e. The first-order valence-corrected chi connectivity index (χ1v) is 14.8. The van der Waals surface area contributed by atoms with E-state index in [1.54, 1.807) is 60.7 Å². The highest BCUT2D eigenvalue weighted by molar-refractivity contribution is 7.93. The van der Waals surface area contributed by atoms with Crippen molar-refractivity contribution in [1.29, 1.82) is 0 Å². The van der Waals surface area contributed by atoms with Crippen molar-refractivity contribution in [2.24, 2.45) is 0 Å². The smallest absolute Gasteiger partial charge is 0.343 e. The van der Waals surface area contributed by atoms with Crippen molar-refractivity contribution in [3.8, 4) is 5.75 Å². The van der Waals surface area contributed by atoms with Gasteiger partial charge >= 0.3 is 5.97 Å². The summed E-state index contributed by atoms with van der Waals surface area (Å²) in [6, 6.07) is 28.4. The maximum absolute atomic E-state index is 14.1. The van der Waals surface area contributed by atoms with Crippen LogP contribution in [0.3, 0.4) is 0 Å². The second-order valence-electron chi connectivity index (χ2n) is 9.10. The molecule has 0 aliphatic rings. The van der Waals surface area contributed by atoms with Gasteiger partial charge in [0.25, 0.3) is 15.9 Å². The maximum atomic E-state index is 14.1. The van der Waals surface area contributed by atoms with Crippen molar-refractivity contribution < 1.29 is 22.7 Å². The molecular formula is C32H23Cl2NO5S. The number of amides is 1. The second kappa shape index (κ2) is 11.7. The zero-order chi connectivity index (χ0) is 29.1. The average molecular weight is 605 g/mol. The molecule has 0 fully saturated rings. The molecule has 5 aromatic carbocycles. The number of nitrogens with zero attached hydrogens (tertiary/aromatic N) is 1. The Hall–Kier alpha value is -4.17. The summed E-state index contributed by atoms with van der Waals surface area (Å²) in [6.45, 7) is 1.97. The van der Waals surface area contributed by atoms with Crippen LogP contribution in [0.25, 0.3) is 10.8 Å². The summed E-state index contributed by atoms with van der Waals surface area (Å²) in [6.07, 6.45) is 0.731. The number of hydrogen-bond donors (Lipinski definition) is 0. The molecule has 0 unspecified atom stereocenters. The molecule has 0 N–H and O–H groups in total. The van der Waals surface area contributed by atoms with Gasteiger partial charge in [0.2, 0.25) is 0 Å². The largest absolute Gasteiger partial charge is 0.422 e. The Kier molecular flexibility index (Phi) is 8.13. The van der Waals surface area contributed by atoms with Gasteiger partial charge in [-0.3, -0.25) is 4.79 Å². The van der Waals surface area contributed by atoms with Gasteiger partial charge in [-0.1, -0.05) is 66.5 Å². The van der Waals surface area contributed by atoms with Crippen molar-refractivity contribution in [3.05, 3.63) is 136 Å². The van der Waals surface area contributed by atoms with Gasteiger partial charge < -0.3 is 4.74 Å². The number of ether oxygens (including phenoxy) is 1. The normalized spacial score (nSPS) is 11.3. The molecule has 0 saturated carbocycles. The van der Waals surface area contributed by atoms with Crippen LogP contribution in [0.5, 0.6) is 5.75 Å². The number of benzene rings is 5. The van der Waals surface area contributed by atoms with Gasteiger partial charge in [-0.15, -0.1) is 0 Å². The summed E-state index contributed by atoms with van der Waals surface area (Å²) in [4.78, 5) is 26.8. The van der Waals surface area contributed by atoms with Crippen molar-refractivity contribution in [2.75, 3.05) is 4.31 Å². The average Bonchev–Trinajstić information content (AvgIpc) is 2.99. The molecule has 9 heteroatoms. The van der Waals surface area contributed by atoms with Gasteiger partial charge in [0.05, 0.1) is 16.1 Å². The van der Waals surface area contributed by atoms with E-state index in [1.165, 1.54) is 48.5 Å². The molecule has 0 heterocycles. The third kappa shape index (κ3) is 5.84. The van der Waals surface area contributed by atoms with Crippen LogP contribution in [0.4, 0.5) is 5.69 Å². The Balaban J connectivity index is 1.65. The van der Waals surface area contributed by atoms with E-state index in [0.29, 0.717) is 26.4 Å². The van der Waals surface area contributed by atoms with E-state index >= 15 is 0 Å². The minimum Gasteiger partial charge on any atom is -0.422 e. The Bertz CT molecular complexity index is 1850. The Labute approximate surface area is 247 Å². The number of fused-ring (bicyclic) bond motifs is 1. The SMILES string of the molecule is CCc1ccc(S(=O)(=O)N(C(=O)c2ccc(Cl)cc2)c2ccc(OC(=O)c3ccc(Cl)cc3)c3ccccc23)cc1. The van der Waals surface area contributed by atoms with Crippen LogP contribution < -0.4 is 9.04 Å². The number of carbonyl (C=O) groups excluding carboxylic acids is 2. The van der Waals surface area contributed by atoms with Crippen LogP contribution in [0, 0.1) is 0 Å². The lowest BCUT2D eigenvalue weighted by atomic mass is 10.1. The van der Waals surface area contributed by atoms with Gasteiger partial charge in [-0.25, -0.2) is 13.2 Å². The van der Waals surface area contributed by atoms with E-state index in [4.69, 9.17) is 27.9 Å². The molecule has 0 saturated heterocycles. The van der Waals surface area contributed by atoms with E-state index in [-0.39, 0.29) is 21.9 Å². The molecule has 0 radical (unpaired) electrons. The predicted octanol–water partition coefficient (Wildman–Crippen LogP) is 7.96. The van der Waals surface area contributed by atoms with Gasteiger partial charge in [-0.2, -0.15) is 4.31 Å². The fraction of sp³-hybridized carbons (Fsp3) is 0.0625. The third-order valence-electron chi connectivity index (χ3n) is 6.51. The monoisotopic (exact) mass is 603 g/mol. The van der Waals surface area contributed by atoms with E-state index in [9.17, 15) is 18.0 Å². The number of hydrogen-bond acceptors (Lipinski definition) is 5. The molecule has 0 aliphatic heterocycles. The number of esters is 1. The molecule has 1 amide bonds. The molecule has 41 heavy (non-hydrogen) atoms. The lowest BCUT2D eigenvalue weighted by Crippen LogP contribution is -2.37. The van der Waals surface area contributed by atoms with Crippen molar-refractivity contribution in [1.82, 2.24) is 0 Å². The topological polar surface area (TPSA) is 80.8 Å². The second-order valence-corrected chi connectivity index (χ2v) is 11.8. The first kappa shape index (κ1) is 28.4. The standard InChI is InChI=1S/C32H23Cl2NO5S/c1-2-21-7-17-26(18-8-21)41(38,39)35(31(36)22-9-13-24(33)14-10-22)29-19-20-30(28-6-4-3-5-27(28)29)40-32(37)23-11-15-25(34)16-12-23/h3-20H,2H2,1H3. The minimum atomic E-state index is -4.38. The summed E-state index contributed by atoms with van der Waals surface area (Å²) in [5, 5.41) is 1.72. The molecule has 206 valence electrons. The van der Waals surface area contributed by atoms with Crippen LogP contribution in [-0.4, -0.2) is 20.3 Å². The van der Waals surface area contributed by atoms with Crippen LogP contribution >= 0.6 is 23.2 Å². The first-order valence-electron chi connectivity index (χ1n) is 12.6. The van der Waals surface area contributed by atoms with Crippen molar-refractivity contribution in [3.63, 3.8) is 0 Å². The highest BCUT2D eigenvalue weighted by Crippen LogP contribution is 2.37. The van der Waals surface area contributed by atoms with Crippen molar-refractivity contribution >= 4 is 61.6 Å². The highest BCUT2D eigenvalue weighted by Gasteiger charge is 2.33. The summed E-state index contributed by atoms with van der Waals surface area (Å²) in [5.74, 6) is -1.18. The molecule has 0 aromatic heterocycles. The molecular weight excluding hydrogens is 581 g/mol. The fourth-order valence-corrected chi connectivity index (χ4v) is 6.01. The number of halogens is 2. The molecule has 5 rings (SSSR count). The number of anilines is 1.